The van der Waals surface area contributed by atoms with E-state index in [2.05, 4.69) is 15.8 Å². The SMILES string of the molecule is CCOc1cc(C=NNC(=O)C(=O)Nc2ccc(F)c(Cl)c2)ccc1OCc1ccc(F)cc1. The van der Waals surface area contributed by atoms with Gasteiger partial charge in [0.05, 0.1) is 17.8 Å². The lowest BCUT2D eigenvalue weighted by Gasteiger charge is -2.12. The molecule has 34 heavy (non-hydrogen) atoms. The van der Waals surface area contributed by atoms with Crippen LogP contribution < -0.4 is 20.2 Å². The van der Waals surface area contributed by atoms with Crippen molar-refractivity contribution in [1.29, 1.82) is 0 Å². The van der Waals surface area contributed by atoms with Crippen LogP contribution >= 0.6 is 11.6 Å². The van der Waals surface area contributed by atoms with E-state index in [9.17, 15) is 18.4 Å². The van der Waals surface area contributed by atoms with E-state index in [0.717, 1.165) is 11.6 Å². The fraction of sp³-hybridized carbons (Fsp3) is 0.125. The first-order valence-corrected chi connectivity index (χ1v) is 10.5. The predicted octanol–water partition coefficient (Wildman–Crippen LogP) is 4.68. The summed E-state index contributed by atoms with van der Waals surface area (Å²) in [4.78, 5) is 23.9. The number of benzene rings is 3. The molecule has 0 fully saturated rings. The maximum Gasteiger partial charge on any atom is 0.329 e. The number of nitrogens with zero attached hydrogens (tertiary/aromatic N) is 1. The maximum atomic E-state index is 13.2. The Labute approximate surface area is 199 Å². The highest BCUT2D eigenvalue weighted by atomic mass is 35.5. The van der Waals surface area contributed by atoms with Crippen molar-refractivity contribution in [3.8, 4) is 11.5 Å². The number of rotatable bonds is 8. The number of hydrogen-bond acceptors (Lipinski definition) is 5. The van der Waals surface area contributed by atoms with E-state index in [4.69, 9.17) is 21.1 Å². The number of carbonyl (C=O) groups is 2. The van der Waals surface area contributed by atoms with E-state index >= 15 is 0 Å². The van der Waals surface area contributed by atoms with Crippen LogP contribution in [0.1, 0.15) is 18.1 Å². The fourth-order valence-corrected chi connectivity index (χ4v) is 2.89. The molecule has 10 heteroatoms. The number of hydrazone groups is 1. The lowest BCUT2D eigenvalue weighted by Crippen LogP contribution is -2.32. The maximum absolute atomic E-state index is 13.2. The van der Waals surface area contributed by atoms with E-state index < -0.39 is 17.6 Å². The highest BCUT2D eigenvalue weighted by Crippen LogP contribution is 2.29. The van der Waals surface area contributed by atoms with Gasteiger partial charge in [0.1, 0.15) is 18.2 Å². The second-order valence-corrected chi connectivity index (χ2v) is 7.24. The number of hydrogen-bond donors (Lipinski definition) is 2. The summed E-state index contributed by atoms with van der Waals surface area (Å²) in [7, 11) is 0. The molecule has 176 valence electrons. The summed E-state index contributed by atoms with van der Waals surface area (Å²) < 4.78 is 37.6. The van der Waals surface area contributed by atoms with Gasteiger partial charge >= 0.3 is 11.8 Å². The lowest BCUT2D eigenvalue weighted by atomic mass is 10.2. The van der Waals surface area contributed by atoms with Gasteiger partial charge < -0.3 is 14.8 Å². The van der Waals surface area contributed by atoms with Crippen molar-refractivity contribution in [3.63, 3.8) is 0 Å². The van der Waals surface area contributed by atoms with Gasteiger partial charge in [0, 0.05) is 5.69 Å². The molecule has 0 heterocycles. The number of anilines is 1. The summed E-state index contributed by atoms with van der Waals surface area (Å²) in [5.41, 5.74) is 3.63. The molecule has 0 aliphatic carbocycles. The third kappa shape index (κ3) is 7.01. The van der Waals surface area contributed by atoms with Gasteiger partial charge in [-0.15, -0.1) is 0 Å². The Kier molecular flexibility index (Phi) is 8.53. The molecular weight excluding hydrogens is 468 g/mol. The molecule has 0 saturated carbocycles. The number of halogens is 3. The summed E-state index contributed by atoms with van der Waals surface area (Å²) >= 11 is 5.65. The largest absolute Gasteiger partial charge is 0.490 e. The summed E-state index contributed by atoms with van der Waals surface area (Å²) in [5.74, 6) is -2.07. The van der Waals surface area contributed by atoms with Crippen LogP contribution in [0.4, 0.5) is 14.5 Å². The lowest BCUT2D eigenvalue weighted by molar-refractivity contribution is -0.136. The quantitative estimate of drug-likeness (QED) is 0.274. The van der Waals surface area contributed by atoms with Gasteiger partial charge in [-0.25, -0.2) is 14.2 Å². The second kappa shape index (κ2) is 11.8. The van der Waals surface area contributed by atoms with Crippen molar-refractivity contribution in [2.75, 3.05) is 11.9 Å². The van der Waals surface area contributed by atoms with Crippen LogP contribution in [-0.2, 0) is 16.2 Å². The van der Waals surface area contributed by atoms with Gasteiger partial charge in [-0.2, -0.15) is 5.10 Å². The van der Waals surface area contributed by atoms with Crippen LogP contribution in [0, 0.1) is 11.6 Å². The van der Waals surface area contributed by atoms with Crippen molar-refractivity contribution in [2.45, 2.75) is 13.5 Å². The Morgan fingerprint density at radius 3 is 2.44 bits per heavy atom. The van der Waals surface area contributed by atoms with E-state index in [1.165, 1.54) is 30.5 Å². The number of nitrogens with one attached hydrogen (secondary N) is 2. The van der Waals surface area contributed by atoms with E-state index in [-0.39, 0.29) is 23.1 Å². The second-order valence-electron chi connectivity index (χ2n) is 6.84. The molecular formula is C24H20ClF2N3O4. The standard InChI is InChI=1S/C24H20ClF2N3O4/c1-2-33-22-11-16(5-10-21(22)34-14-15-3-6-17(26)7-4-15)13-28-30-24(32)23(31)29-18-8-9-20(27)19(25)12-18/h3-13H,2,14H2,1H3,(H,29,31)(H,30,32). The van der Waals surface area contributed by atoms with Gasteiger partial charge in [0.25, 0.3) is 0 Å². The molecule has 2 amide bonds. The minimum Gasteiger partial charge on any atom is -0.490 e. The zero-order chi connectivity index (χ0) is 24.5. The van der Waals surface area contributed by atoms with Gasteiger partial charge in [-0.05, 0) is 66.6 Å². The van der Waals surface area contributed by atoms with Gasteiger partial charge in [0.2, 0.25) is 0 Å². The monoisotopic (exact) mass is 487 g/mol. The van der Waals surface area contributed by atoms with Crippen LogP contribution in [0.5, 0.6) is 11.5 Å². The topological polar surface area (TPSA) is 89.0 Å². The van der Waals surface area contributed by atoms with E-state index in [1.807, 2.05) is 6.92 Å². The summed E-state index contributed by atoms with van der Waals surface area (Å²) in [6.45, 7) is 2.42. The molecule has 0 unspecified atom stereocenters. The minimum atomic E-state index is -1.03. The molecule has 0 radical (unpaired) electrons. The van der Waals surface area contributed by atoms with Crippen molar-refractivity contribution < 1.29 is 27.8 Å². The minimum absolute atomic E-state index is 0.160. The summed E-state index contributed by atoms with van der Waals surface area (Å²) in [5, 5.41) is 5.87. The molecule has 0 atom stereocenters. The molecule has 3 aromatic rings. The zero-order valence-corrected chi connectivity index (χ0v) is 18.7. The molecule has 3 aromatic carbocycles. The van der Waals surface area contributed by atoms with Crippen molar-refractivity contribution >= 4 is 35.3 Å². The molecule has 0 aromatic heterocycles. The van der Waals surface area contributed by atoms with Crippen LogP contribution in [0.3, 0.4) is 0 Å². The Hall–Kier alpha value is -3.98. The Morgan fingerprint density at radius 1 is 0.971 bits per heavy atom. The predicted molar refractivity (Wildman–Crippen MR) is 124 cm³/mol. The zero-order valence-electron chi connectivity index (χ0n) is 18.0. The highest BCUT2D eigenvalue weighted by Gasteiger charge is 2.14. The first-order chi connectivity index (χ1) is 16.4. The smallest absolute Gasteiger partial charge is 0.329 e. The Balaban J connectivity index is 1.59. The number of carbonyl (C=O) groups excluding carboxylic acids is 2. The van der Waals surface area contributed by atoms with E-state index in [1.54, 1.807) is 30.3 Å². The Morgan fingerprint density at radius 2 is 1.74 bits per heavy atom. The first kappa shape index (κ1) is 24.7. The summed E-state index contributed by atoms with van der Waals surface area (Å²) in [6.07, 6.45) is 1.33. The molecule has 3 rings (SSSR count). The molecule has 0 bridgehead atoms. The average Bonchev–Trinajstić information content (AvgIpc) is 2.82. The van der Waals surface area contributed by atoms with Crippen LogP contribution in [0.2, 0.25) is 5.02 Å². The molecule has 0 aliphatic heterocycles. The Bertz CT molecular complexity index is 1200. The van der Waals surface area contributed by atoms with Crippen LogP contribution in [-0.4, -0.2) is 24.6 Å². The van der Waals surface area contributed by atoms with Gasteiger partial charge in [-0.1, -0.05) is 23.7 Å². The molecule has 0 aliphatic rings. The van der Waals surface area contributed by atoms with Crippen molar-refractivity contribution in [2.24, 2.45) is 5.10 Å². The third-order valence-corrected chi connectivity index (χ3v) is 4.63. The van der Waals surface area contributed by atoms with E-state index in [0.29, 0.717) is 23.7 Å². The van der Waals surface area contributed by atoms with Crippen molar-refractivity contribution in [3.05, 3.63) is 88.4 Å². The van der Waals surface area contributed by atoms with Crippen LogP contribution in [0.15, 0.2) is 65.8 Å². The number of ether oxygens (including phenoxy) is 2. The first-order valence-electron chi connectivity index (χ1n) is 10.1. The molecule has 0 saturated heterocycles. The molecule has 2 N–H and O–H groups in total. The normalized spacial score (nSPS) is 10.7. The molecule has 0 spiro atoms. The average molecular weight is 488 g/mol. The van der Waals surface area contributed by atoms with Gasteiger partial charge in [-0.3, -0.25) is 9.59 Å². The summed E-state index contributed by atoms with van der Waals surface area (Å²) in [6, 6.07) is 14.5. The third-order valence-electron chi connectivity index (χ3n) is 4.34. The van der Waals surface area contributed by atoms with Gasteiger partial charge in [0.15, 0.2) is 11.5 Å². The number of amides is 2. The molecule has 7 nitrogen and oxygen atoms in total. The fourth-order valence-electron chi connectivity index (χ4n) is 2.71. The van der Waals surface area contributed by atoms with Crippen LogP contribution in [0.25, 0.3) is 0 Å². The van der Waals surface area contributed by atoms with Crippen molar-refractivity contribution in [1.82, 2.24) is 5.43 Å². The highest BCUT2D eigenvalue weighted by molar-refractivity contribution is 6.39.